The zero-order chi connectivity index (χ0) is 10.1. The summed E-state index contributed by atoms with van der Waals surface area (Å²) in [6, 6.07) is 3.52. The molecule has 0 amide bonds. The summed E-state index contributed by atoms with van der Waals surface area (Å²) >= 11 is 5.40. The molecule has 0 aromatic heterocycles. The van der Waals surface area contributed by atoms with Gasteiger partial charge < -0.3 is 0 Å². The van der Waals surface area contributed by atoms with Crippen molar-refractivity contribution >= 4 is 11.6 Å². The van der Waals surface area contributed by atoms with Crippen LogP contribution in [0.4, 0.5) is 13.2 Å². The van der Waals surface area contributed by atoms with E-state index in [4.69, 9.17) is 11.6 Å². The molecule has 0 nitrogen and oxygen atoms in total. The molecule has 74 valence electrons. The van der Waals surface area contributed by atoms with Gasteiger partial charge >= 0.3 is 89.4 Å². The Balaban J connectivity index is 3.10. The number of rotatable bonds is 1. The zero-order valence-corrected chi connectivity index (χ0v) is 9.54. The Hall–Kier alpha value is 0.0300. The third-order valence-electron chi connectivity index (χ3n) is 1.45. The van der Waals surface area contributed by atoms with Gasteiger partial charge in [0.2, 0.25) is 0 Å². The number of hydrogen-bond donors (Lipinski definition) is 0. The molecule has 0 unspecified atom stereocenters. The normalized spacial score (nSPS) is 12.1. The van der Waals surface area contributed by atoms with E-state index in [-0.39, 0.29) is 26.2 Å². The van der Waals surface area contributed by atoms with E-state index in [1.165, 1.54) is 6.07 Å². The van der Waals surface area contributed by atoms with E-state index < -0.39 is 11.7 Å². The van der Waals surface area contributed by atoms with Crippen LogP contribution in [0.25, 0.3) is 0 Å². The van der Waals surface area contributed by atoms with Crippen molar-refractivity contribution in [3.8, 4) is 0 Å². The molecule has 0 aliphatic rings. The van der Waals surface area contributed by atoms with Gasteiger partial charge in [-0.3, -0.25) is 0 Å². The van der Waals surface area contributed by atoms with Crippen LogP contribution in [0.3, 0.4) is 0 Å². The van der Waals surface area contributed by atoms with Gasteiger partial charge in [-0.25, -0.2) is 0 Å². The standard InChI is InChI=1S/C8H6ClF3I/c1-13-7-3-2-5(4-6(7)9)8(10,11)12/h2-4H,1H3/q-1. The van der Waals surface area contributed by atoms with Gasteiger partial charge in [0.1, 0.15) is 0 Å². The van der Waals surface area contributed by atoms with Gasteiger partial charge in [0, 0.05) is 0 Å². The van der Waals surface area contributed by atoms with Gasteiger partial charge in [-0.1, -0.05) is 0 Å². The van der Waals surface area contributed by atoms with Crippen LogP contribution in [0.2, 0.25) is 5.02 Å². The Morgan fingerprint density at radius 1 is 1.31 bits per heavy atom. The summed E-state index contributed by atoms with van der Waals surface area (Å²) in [5.41, 5.74) is -0.682. The second-order valence-corrected chi connectivity index (χ2v) is 4.96. The van der Waals surface area contributed by atoms with Crippen LogP contribution in [0.5, 0.6) is 0 Å². The van der Waals surface area contributed by atoms with Gasteiger partial charge in [0.15, 0.2) is 0 Å². The summed E-state index contributed by atoms with van der Waals surface area (Å²) in [4.78, 5) is 1.95. The van der Waals surface area contributed by atoms with E-state index in [2.05, 4.69) is 0 Å². The van der Waals surface area contributed by atoms with Crippen molar-refractivity contribution in [3.05, 3.63) is 32.4 Å². The first-order valence-corrected chi connectivity index (χ1v) is 6.93. The molecule has 0 aliphatic carbocycles. The third-order valence-corrected chi connectivity index (χ3v) is 4.18. The van der Waals surface area contributed by atoms with Crippen LogP contribution in [0.1, 0.15) is 5.56 Å². The third kappa shape index (κ3) is 2.74. The summed E-state index contributed by atoms with van der Waals surface area (Å²) in [6.07, 6.45) is -4.30. The molecular weight excluding hydrogens is 315 g/mol. The first-order valence-electron chi connectivity index (χ1n) is 3.31. The minimum atomic E-state index is -4.30. The average molecular weight is 321 g/mol. The maximum absolute atomic E-state index is 12.2. The predicted molar refractivity (Wildman–Crippen MR) is 41.1 cm³/mol. The summed E-state index contributed by atoms with van der Waals surface area (Å²) in [5.74, 6) is 0. The molecular formula is C8H6ClF3I-. The molecule has 1 aromatic rings. The summed E-state index contributed by atoms with van der Waals surface area (Å²) < 4.78 is 37.3. The molecule has 0 radical (unpaired) electrons. The molecule has 0 N–H and O–H groups in total. The molecule has 0 atom stereocenters. The summed E-state index contributed by atoms with van der Waals surface area (Å²) in [5, 5.41) is 0.227. The van der Waals surface area contributed by atoms with E-state index in [0.717, 1.165) is 15.7 Å². The molecule has 1 rings (SSSR count). The molecule has 0 fully saturated rings. The molecule has 0 saturated carbocycles. The number of halogens is 5. The van der Waals surface area contributed by atoms with Crippen molar-refractivity contribution in [2.24, 2.45) is 0 Å². The first kappa shape index (κ1) is 11.1. The quantitative estimate of drug-likeness (QED) is 0.514. The zero-order valence-electron chi connectivity index (χ0n) is 6.62. The second kappa shape index (κ2) is 4.04. The van der Waals surface area contributed by atoms with Gasteiger partial charge in [-0.05, 0) is 0 Å². The Morgan fingerprint density at radius 2 is 1.92 bits per heavy atom. The van der Waals surface area contributed by atoms with Crippen LogP contribution < -0.4 is 21.2 Å². The molecule has 0 saturated heterocycles. The van der Waals surface area contributed by atoms with Crippen LogP contribution in [0, 0.1) is 3.57 Å². The Morgan fingerprint density at radius 3 is 2.31 bits per heavy atom. The van der Waals surface area contributed by atoms with Gasteiger partial charge in [-0.2, -0.15) is 0 Å². The average Bonchev–Trinajstić information content (AvgIpc) is 2.02. The number of hydrogen-bond acceptors (Lipinski definition) is 0. The fourth-order valence-corrected chi connectivity index (χ4v) is 2.70. The van der Waals surface area contributed by atoms with Crippen molar-refractivity contribution in [2.45, 2.75) is 6.18 Å². The van der Waals surface area contributed by atoms with E-state index >= 15 is 0 Å². The monoisotopic (exact) mass is 321 g/mol. The van der Waals surface area contributed by atoms with Gasteiger partial charge in [0.05, 0.1) is 0 Å². The van der Waals surface area contributed by atoms with Crippen molar-refractivity contribution in [1.29, 1.82) is 0 Å². The topological polar surface area (TPSA) is 0 Å². The first-order chi connectivity index (χ1) is 5.95. The van der Waals surface area contributed by atoms with Gasteiger partial charge in [-0.15, -0.1) is 0 Å². The van der Waals surface area contributed by atoms with Crippen molar-refractivity contribution in [3.63, 3.8) is 0 Å². The van der Waals surface area contributed by atoms with Crippen molar-refractivity contribution in [2.75, 3.05) is 4.93 Å². The van der Waals surface area contributed by atoms with Crippen molar-refractivity contribution in [1.82, 2.24) is 0 Å². The fraction of sp³-hybridized carbons (Fsp3) is 0.250. The van der Waals surface area contributed by atoms with Crippen LogP contribution in [-0.4, -0.2) is 4.93 Å². The second-order valence-electron chi connectivity index (χ2n) is 2.32. The minimum absolute atomic E-state index is 0.227. The van der Waals surface area contributed by atoms with E-state index in [1.54, 1.807) is 0 Å². The van der Waals surface area contributed by atoms with Crippen LogP contribution >= 0.6 is 11.6 Å². The van der Waals surface area contributed by atoms with Crippen molar-refractivity contribution < 1.29 is 34.4 Å². The van der Waals surface area contributed by atoms with Gasteiger partial charge in [0.25, 0.3) is 0 Å². The Bertz CT molecular complexity index is 309. The number of benzene rings is 1. The Labute approximate surface area is 89.3 Å². The summed E-state index contributed by atoms with van der Waals surface area (Å²) in [6.45, 7) is 0. The van der Waals surface area contributed by atoms with Crippen LogP contribution in [-0.2, 0) is 6.18 Å². The fourth-order valence-electron chi connectivity index (χ4n) is 0.826. The molecule has 0 heterocycles. The molecule has 13 heavy (non-hydrogen) atoms. The SMILES string of the molecule is C[I-]c1ccc(C(F)(F)F)cc1Cl. The molecule has 5 heteroatoms. The van der Waals surface area contributed by atoms with E-state index in [0.29, 0.717) is 0 Å². The molecule has 0 spiro atoms. The molecule has 0 bridgehead atoms. The van der Waals surface area contributed by atoms with E-state index in [9.17, 15) is 13.2 Å². The molecule has 1 aromatic carbocycles. The Kier molecular flexibility index (Phi) is 3.45. The van der Waals surface area contributed by atoms with E-state index in [1.807, 2.05) is 4.93 Å². The summed E-state index contributed by atoms with van der Waals surface area (Å²) in [7, 11) is 0. The molecule has 0 aliphatic heterocycles. The predicted octanol–water partition coefficient (Wildman–Crippen LogP) is 0.247. The van der Waals surface area contributed by atoms with Crippen LogP contribution in [0.15, 0.2) is 18.2 Å². The maximum atomic E-state index is 12.2. The number of alkyl halides is 4.